The first-order chi connectivity index (χ1) is 13.5. The number of carboxylic acids is 1. The lowest BCUT2D eigenvalue weighted by Crippen LogP contribution is -2.35. The fourth-order valence-corrected chi connectivity index (χ4v) is 2.95. The number of aliphatic hydroxyl groups is 2. The van der Waals surface area contributed by atoms with Crippen molar-refractivity contribution in [3.05, 3.63) is 25.3 Å². The van der Waals surface area contributed by atoms with Gasteiger partial charge in [0.05, 0.1) is 6.61 Å². The molecule has 0 saturated heterocycles. The number of carbonyl (C=O) groups excluding carboxylic acids is 1. The van der Waals surface area contributed by atoms with Gasteiger partial charge in [-0.1, -0.05) is 70.4 Å². The average molecular weight is 399 g/mol. The number of aliphatic hydroxyl groups excluding tert-OH is 2. The van der Waals surface area contributed by atoms with Gasteiger partial charge in [0.2, 0.25) is 0 Å². The third-order valence-corrected chi connectivity index (χ3v) is 4.65. The van der Waals surface area contributed by atoms with Gasteiger partial charge in [-0.25, -0.2) is 0 Å². The van der Waals surface area contributed by atoms with Crippen molar-refractivity contribution in [1.29, 1.82) is 0 Å². The Hall–Kier alpha value is -1.46. The van der Waals surface area contributed by atoms with E-state index in [-0.39, 0.29) is 6.42 Å². The van der Waals surface area contributed by atoms with Crippen LogP contribution in [0.2, 0.25) is 0 Å². The summed E-state index contributed by atoms with van der Waals surface area (Å²) in [4.78, 5) is 22.8. The molecule has 0 aliphatic heterocycles. The Morgan fingerprint density at radius 3 is 1.79 bits per heavy atom. The maximum absolute atomic E-state index is 11.7. The Bertz CT molecular complexity index is 406. The highest BCUT2D eigenvalue weighted by atomic mass is 16.4. The Morgan fingerprint density at radius 2 is 1.32 bits per heavy atom. The third kappa shape index (κ3) is 16.7. The molecule has 0 spiro atoms. The average Bonchev–Trinajstić information content (AvgIpc) is 2.71. The molecule has 5 nitrogen and oxygen atoms in total. The molecule has 0 aliphatic carbocycles. The zero-order chi connectivity index (χ0) is 21.6. The van der Waals surface area contributed by atoms with Gasteiger partial charge in [0.25, 0.3) is 0 Å². The minimum absolute atomic E-state index is 0.221. The van der Waals surface area contributed by atoms with Gasteiger partial charge in [0.1, 0.15) is 12.0 Å². The summed E-state index contributed by atoms with van der Waals surface area (Å²) in [5, 5.41) is 27.1. The van der Waals surface area contributed by atoms with E-state index in [2.05, 4.69) is 32.2 Å². The summed E-state index contributed by atoms with van der Waals surface area (Å²) in [6, 6.07) is 0. The molecule has 0 radical (unpaired) electrons. The van der Waals surface area contributed by atoms with Crippen LogP contribution in [0.4, 0.5) is 0 Å². The number of Topliss-reactive ketones (excluding diaryl/α,β-unsaturated/α-hetero) is 1. The molecule has 3 N–H and O–H groups in total. The van der Waals surface area contributed by atoms with E-state index in [9.17, 15) is 14.7 Å². The Kier molecular flexibility index (Phi) is 22.4. The van der Waals surface area contributed by atoms with Crippen molar-refractivity contribution in [3.63, 3.8) is 0 Å². The van der Waals surface area contributed by atoms with Crippen LogP contribution in [0.3, 0.4) is 0 Å². The summed E-state index contributed by atoms with van der Waals surface area (Å²) in [6.07, 6.45) is 16.8. The molecular weight excluding hydrogens is 356 g/mol. The van der Waals surface area contributed by atoms with Crippen LogP contribution in [0.5, 0.6) is 0 Å². The fourth-order valence-electron chi connectivity index (χ4n) is 2.95. The van der Waals surface area contributed by atoms with Crippen LogP contribution in [-0.4, -0.2) is 39.8 Å². The van der Waals surface area contributed by atoms with Gasteiger partial charge in [0.15, 0.2) is 5.78 Å². The number of rotatable bonds is 18. The van der Waals surface area contributed by atoms with Crippen LogP contribution in [0.15, 0.2) is 25.3 Å². The number of ketones is 1. The van der Waals surface area contributed by atoms with E-state index in [1.54, 1.807) is 0 Å². The highest BCUT2D eigenvalue weighted by molar-refractivity contribution is 6.00. The van der Waals surface area contributed by atoms with E-state index < -0.39 is 30.4 Å². The van der Waals surface area contributed by atoms with Crippen LogP contribution >= 0.6 is 0 Å². The van der Waals surface area contributed by atoms with Gasteiger partial charge in [0, 0.05) is 0 Å². The smallest absolute Gasteiger partial charge is 0.314 e. The van der Waals surface area contributed by atoms with E-state index in [1.807, 2.05) is 0 Å². The summed E-state index contributed by atoms with van der Waals surface area (Å²) in [5.74, 6) is -3.23. The zero-order valence-electron chi connectivity index (χ0n) is 17.8. The van der Waals surface area contributed by atoms with Crippen molar-refractivity contribution >= 4 is 11.8 Å². The molecule has 0 aromatic carbocycles. The minimum Gasteiger partial charge on any atom is -0.481 e. The molecule has 0 amide bonds. The normalized spacial score (nSPS) is 13.0. The van der Waals surface area contributed by atoms with Crippen LogP contribution < -0.4 is 0 Å². The summed E-state index contributed by atoms with van der Waals surface area (Å²) >= 11 is 0. The van der Waals surface area contributed by atoms with Crippen molar-refractivity contribution in [2.24, 2.45) is 5.92 Å². The lowest BCUT2D eigenvalue weighted by atomic mass is 9.93. The van der Waals surface area contributed by atoms with Crippen LogP contribution in [0.1, 0.15) is 90.4 Å². The maximum Gasteiger partial charge on any atom is 0.314 e. The molecule has 0 aromatic heterocycles. The molecule has 0 rings (SSSR count). The predicted molar refractivity (Wildman–Crippen MR) is 115 cm³/mol. The van der Waals surface area contributed by atoms with Crippen molar-refractivity contribution in [2.75, 3.05) is 6.61 Å². The van der Waals surface area contributed by atoms with E-state index in [0.29, 0.717) is 6.42 Å². The second-order valence-corrected chi connectivity index (χ2v) is 7.01. The molecule has 164 valence electrons. The monoisotopic (exact) mass is 398 g/mol. The zero-order valence-corrected chi connectivity index (χ0v) is 17.8. The Morgan fingerprint density at radius 1 is 0.857 bits per heavy atom. The second-order valence-electron chi connectivity index (χ2n) is 7.01. The standard InChI is InChI=1S/C21H38O5.C2H4/c1-2-3-4-5-6-7-8-9-10-11-12-13-14-15-16-18(21(25)26)20(24)19(23)17-22;1-2/h9-10,18-19,22-23H,2-8,11-17H2,1H3,(H,25,26);1-2H2/b10-9-;. The van der Waals surface area contributed by atoms with Gasteiger partial charge >= 0.3 is 5.97 Å². The van der Waals surface area contributed by atoms with Crippen molar-refractivity contribution in [1.82, 2.24) is 0 Å². The molecule has 0 aliphatic rings. The molecule has 2 unspecified atom stereocenters. The van der Waals surface area contributed by atoms with E-state index >= 15 is 0 Å². The van der Waals surface area contributed by atoms with Crippen LogP contribution in [-0.2, 0) is 9.59 Å². The van der Waals surface area contributed by atoms with E-state index in [1.165, 1.54) is 38.5 Å². The van der Waals surface area contributed by atoms with E-state index in [0.717, 1.165) is 32.1 Å². The topological polar surface area (TPSA) is 94.8 Å². The van der Waals surface area contributed by atoms with E-state index in [4.69, 9.17) is 10.2 Å². The Balaban J connectivity index is 0. The first-order valence-electron chi connectivity index (χ1n) is 10.7. The fraction of sp³-hybridized carbons (Fsp3) is 0.739. The van der Waals surface area contributed by atoms with Crippen molar-refractivity contribution in [3.8, 4) is 0 Å². The third-order valence-electron chi connectivity index (χ3n) is 4.65. The number of unbranched alkanes of at least 4 members (excludes halogenated alkanes) is 10. The van der Waals surface area contributed by atoms with Gasteiger partial charge in [-0.2, -0.15) is 0 Å². The summed E-state index contributed by atoms with van der Waals surface area (Å²) in [5.41, 5.74) is 0. The van der Waals surface area contributed by atoms with Gasteiger partial charge in [-0.15, -0.1) is 13.2 Å². The molecular formula is C23H42O5. The molecule has 0 heterocycles. The molecule has 0 bridgehead atoms. The first kappa shape index (κ1) is 28.7. The van der Waals surface area contributed by atoms with Crippen molar-refractivity contribution in [2.45, 2.75) is 96.5 Å². The summed E-state index contributed by atoms with van der Waals surface area (Å²) in [6.45, 7) is 7.50. The highest BCUT2D eigenvalue weighted by Gasteiger charge is 2.30. The number of carboxylic acid groups (broad SMARTS) is 1. The van der Waals surface area contributed by atoms with Crippen LogP contribution in [0, 0.1) is 5.92 Å². The summed E-state index contributed by atoms with van der Waals surface area (Å²) in [7, 11) is 0. The molecule has 2 atom stereocenters. The molecule has 0 saturated carbocycles. The highest BCUT2D eigenvalue weighted by Crippen LogP contribution is 2.15. The molecule has 5 heteroatoms. The number of allylic oxidation sites excluding steroid dienone is 2. The first-order valence-corrected chi connectivity index (χ1v) is 10.7. The van der Waals surface area contributed by atoms with Gasteiger partial charge in [-0.3, -0.25) is 9.59 Å². The maximum atomic E-state index is 11.7. The lowest BCUT2D eigenvalue weighted by molar-refractivity contribution is -0.150. The number of aliphatic carboxylic acids is 1. The van der Waals surface area contributed by atoms with Gasteiger partial charge < -0.3 is 15.3 Å². The Labute approximate surface area is 171 Å². The number of hydrogen-bond donors (Lipinski definition) is 3. The SMILES string of the molecule is C=C.CCCCCCCC/C=C\CCCCCCC(C(=O)O)C(=O)C(O)CO. The lowest BCUT2D eigenvalue weighted by Gasteiger charge is -2.14. The molecule has 0 aromatic rings. The summed E-state index contributed by atoms with van der Waals surface area (Å²) < 4.78 is 0. The van der Waals surface area contributed by atoms with Crippen molar-refractivity contribution < 1.29 is 24.9 Å². The number of hydrogen-bond acceptors (Lipinski definition) is 4. The minimum atomic E-state index is -1.59. The largest absolute Gasteiger partial charge is 0.481 e. The van der Waals surface area contributed by atoms with Gasteiger partial charge in [-0.05, 0) is 32.1 Å². The predicted octanol–water partition coefficient (Wildman–Crippen LogP) is 5.06. The second kappa shape index (κ2) is 21.8. The quantitative estimate of drug-likeness (QED) is 0.170. The molecule has 28 heavy (non-hydrogen) atoms. The van der Waals surface area contributed by atoms with Crippen LogP contribution in [0.25, 0.3) is 0 Å². The molecule has 0 fully saturated rings. The number of carbonyl (C=O) groups is 2.